The number of anilines is 1. The van der Waals surface area contributed by atoms with Gasteiger partial charge in [0.15, 0.2) is 10.8 Å². The smallest absolute Gasteiger partial charge is 0.343 e. The first-order valence-electron chi connectivity index (χ1n) is 5.48. The summed E-state index contributed by atoms with van der Waals surface area (Å²) >= 11 is 1.24. The number of aromatic amines is 2. The molecule has 0 bridgehead atoms. The highest BCUT2D eigenvalue weighted by molar-refractivity contribution is 7.99. The number of hydrogen-bond acceptors (Lipinski definition) is 7. The number of nitrogens with two attached hydrogens (primary N) is 1. The second-order valence-electron chi connectivity index (χ2n) is 3.68. The lowest BCUT2D eigenvalue weighted by molar-refractivity contribution is 0.660. The van der Waals surface area contributed by atoms with Crippen LogP contribution in [0.1, 0.15) is 6.92 Å². The fourth-order valence-electron chi connectivity index (χ4n) is 1.65. The summed E-state index contributed by atoms with van der Waals surface area (Å²) in [4.78, 5) is 19.7. The van der Waals surface area contributed by atoms with Gasteiger partial charge in [0, 0.05) is 6.54 Å². The average Bonchev–Trinajstić information content (AvgIpc) is 2.96. The minimum atomic E-state index is -0.254. The summed E-state index contributed by atoms with van der Waals surface area (Å²) < 4.78 is 1.51. The second kappa shape index (κ2) is 4.39. The first kappa shape index (κ1) is 11.7. The lowest BCUT2D eigenvalue weighted by atomic mass is 10.4. The first-order chi connectivity index (χ1) is 9.19. The van der Waals surface area contributed by atoms with Crippen LogP contribution in [0.5, 0.6) is 0 Å². The van der Waals surface area contributed by atoms with Gasteiger partial charge >= 0.3 is 5.69 Å². The zero-order chi connectivity index (χ0) is 13.4. The third-order valence-electron chi connectivity index (χ3n) is 2.52. The predicted octanol–water partition coefficient (Wildman–Crippen LogP) is -0.00900. The van der Waals surface area contributed by atoms with E-state index in [1.54, 1.807) is 6.20 Å². The van der Waals surface area contributed by atoms with Crippen LogP contribution in [-0.4, -0.2) is 34.9 Å². The van der Waals surface area contributed by atoms with Crippen LogP contribution in [0.25, 0.3) is 11.0 Å². The van der Waals surface area contributed by atoms with Crippen molar-refractivity contribution in [1.29, 1.82) is 0 Å². The maximum Gasteiger partial charge on any atom is 0.343 e. The molecule has 98 valence electrons. The Kier molecular flexibility index (Phi) is 2.71. The van der Waals surface area contributed by atoms with Crippen molar-refractivity contribution in [2.24, 2.45) is 0 Å². The van der Waals surface area contributed by atoms with E-state index in [1.165, 1.54) is 16.3 Å². The molecule has 19 heavy (non-hydrogen) atoms. The highest BCUT2D eigenvalue weighted by atomic mass is 32.2. The third kappa shape index (κ3) is 1.95. The fourth-order valence-corrected chi connectivity index (χ4v) is 2.63. The van der Waals surface area contributed by atoms with Gasteiger partial charge in [-0.2, -0.15) is 10.1 Å². The standard InChI is InChI=1S/C9H10N8OS/c1-2-17-8(18)15-16-9(17)19-6-4-3-11-14-5(4)12-7(10)13-6/h3H,2H2,1H3,(H,15,18)(H3,10,11,12,13,14). The molecule has 0 spiro atoms. The SMILES string of the molecule is CCn1c(Sc2nc(N)nc3[nH]ncc23)n[nH]c1=O. The number of H-pyrrole nitrogens is 2. The fraction of sp³-hybridized carbons (Fsp3) is 0.222. The molecule has 3 heterocycles. The van der Waals surface area contributed by atoms with E-state index in [2.05, 4.69) is 30.4 Å². The Morgan fingerprint density at radius 2 is 2.26 bits per heavy atom. The van der Waals surface area contributed by atoms with Gasteiger partial charge in [0.2, 0.25) is 5.95 Å². The maximum atomic E-state index is 11.5. The van der Waals surface area contributed by atoms with Gasteiger partial charge in [0.1, 0.15) is 5.03 Å². The predicted molar refractivity (Wildman–Crippen MR) is 68.7 cm³/mol. The molecule has 0 fully saturated rings. The molecule has 0 radical (unpaired) electrons. The summed E-state index contributed by atoms with van der Waals surface area (Å²) in [6.45, 7) is 2.38. The van der Waals surface area contributed by atoms with E-state index in [4.69, 9.17) is 5.73 Å². The number of hydrogen-bond donors (Lipinski definition) is 3. The normalized spacial score (nSPS) is 11.2. The third-order valence-corrected chi connectivity index (χ3v) is 3.52. The molecule has 0 saturated heterocycles. The highest BCUT2D eigenvalue weighted by Gasteiger charge is 2.14. The number of nitrogens with one attached hydrogen (secondary N) is 2. The summed E-state index contributed by atoms with van der Waals surface area (Å²) in [6, 6.07) is 0. The van der Waals surface area contributed by atoms with Crippen LogP contribution >= 0.6 is 11.8 Å². The molecule has 10 heteroatoms. The Morgan fingerprint density at radius 1 is 1.42 bits per heavy atom. The van der Waals surface area contributed by atoms with Crippen molar-refractivity contribution in [1.82, 2.24) is 34.9 Å². The number of rotatable bonds is 3. The van der Waals surface area contributed by atoms with Crippen molar-refractivity contribution in [3.05, 3.63) is 16.7 Å². The largest absolute Gasteiger partial charge is 0.368 e. The molecule has 0 unspecified atom stereocenters. The second-order valence-corrected chi connectivity index (χ2v) is 4.63. The van der Waals surface area contributed by atoms with E-state index in [0.29, 0.717) is 22.4 Å². The summed E-state index contributed by atoms with van der Waals surface area (Å²) in [5.74, 6) is 0.139. The van der Waals surface area contributed by atoms with Crippen LogP contribution in [0.3, 0.4) is 0 Å². The molecule has 3 rings (SSSR count). The van der Waals surface area contributed by atoms with E-state index >= 15 is 0 Å². The van der Waals surface area contributed by atoms with Crippen LogP contribution in [0, 0.1) is 0 Å². The van der Waals surface area contributed by atoms with Crippen LogP contribution in [0.2, 0.25) is 0 Å². The topological polar surface area (TPSA) is 131 Å². The maximum absolute atomic E-state index is 11.5. The molecule has 0 amide bonds. The molecule has 0 saturated carbocycles. The highest BCUT2D eigenvalue weighted by Crippen LogP contribution is 2.29. The van der Waals surface area contributed by atoms with Crippen molar-refractivity contribution in [3.8, 4) is 0 Å². The Bertz CT molecular complexity index is 787. The van der Waals surface area contributed by atoms with Crippen molar-refractivity contribution < 1.29 is 0 Å². The van der Waals surface area contributed by atoms with Gasteiger partial charge in [0.25, 0.3) is 0 Å². The monoisotopic (exact) mass is 278 g/mol. The van der Waals surface area contributed by atoms with Gasteiger partial charge in [-0.15, -0.1) is 5.10 Å². The molecule has 0 aliphatic heterocycles. The van der Waals surface area contributed by atoms with E-state index in [0.717, 1.165) is 5.39 Å². The molecule has 0 aliphatic rings. The number of nitrogens with zero attached hydrogens (tertiary/aromatic N) is 5. The number of aromatic nitrogens is 7. The van der Waals surface area contributed by atoms with E-state index < -0.39 is 0 Å². The summed E-state index contributed by atoms with van der Waals surface area (Å²) in [5, 5.41) is 14.8. The molecule has 0 aromatic carbocycles. The number of fused-ring (bicyclic) bond motifs is 1. The molecular weight excluding hydrogens is 268 g/mol. The zero-order valence-corrected chi connectivity index (χ0v) is 10.7. The Balaban J connectivity index is 2.10. The van der Waals surface area contributed by atoms with Crippen LogP contribution in [0.4, 0.5) is 5.95 Å². The summed E-state index contributed by atoms with van der Waals surface area (Å²) in [6.07, 6.45) is 1.61. The van der Waals surface area contributed by atoms with Crippen LogP contribution < -0.4 is 11.4 Å². The zero-order valence-electron chi connectivity index (χ0n) is 9.91. The molecule has 9 nitrogen and oxygen atoms in total. The van der Waals surface area contributed by atoms with Crippen molar-refractivity contribution in [2.75, 3.05) is 5.73 Å². The first-order valence-corrected chi connectivity index (χ1v) is 6.30. The van der Waals surface area contributed by atoms with E-state index in [1.807, 2.05) is 6.92 Å². The Hall–Kier alpha value is -2.36. The summed E-state index contributed by atoms with van der Waals surface area (Å²) in [5.41, 5.74) is 5.93. The van der Waals surface area contributed by atoms with Crippen molar-refractivity contribution >= 4 is 28.7 Å². The van der Waals surface area contributed by atoms with E-state index in [9.17, 15) is 4.79 Å². The Morgan fingerprint density at radius 3 is 3.05 bits per heavy atom. The van der Waals surface area contributed by atoms with Gasteiger partial charge < -0.3 is 5.73 Å². The molecule has 0 aliphatic carbocycles. The van der Waals surface area contributed by atoms with Gasteiger partial charge in [0.05, 0.1) is 11.6 Å². The van der Waals surface area contributed by atoms with Crippen LogP contribution in [-0.2, 0) is 6.54 Å². The van der Waals surface area contributed by atoms with Crippen molar-refractivity contribution in [3.63, 3.8) is 0 Å². The average molecular weight is 278 g/mol. The van der Waals surface area contributed by atoms with Gasteiger partial charge in [-0.25, -0.2) is 14.9 Å². The quantitative estimate of drug-likeness (QED) is 0.574. The van der Waals surface area contributed by atoms with Gasteiger partial charge in [-0.1, -0.05) is 0 Å². The number of nitrogen functional groups attached to an aromatic ring is 1. The Labute approximate surface area is 110 Å². The van der Waals surface area contributed by atoms with Gasteiger partial charge in [-0.05, 0) is 18.7 Å². The minimum absolute atomic E-state index is 0.139. The summed E-state index contributed by atoms with van der Waals surface area (Å²) in [7, 11) is 0. The van der Waals surface area contributed by atoms with Crippen molar-refractivity contribution in [2.45, 2.75) is 23.7 Å². The molecule has 3 aromatic rings. The minimum Gasteiger partial charge on any atom is -0.368 e. The van der Waals surface area contributed by atoms with Crippen LogP contribution in [0.15, 0.2) is 21.2 Å². The van der Waals surface area contributed by atoms with E-state index in [-0.39, 0.29) is 11.6 Å². The molecular formula is C9H10N8OS. The lowest BCUT2D eigenvalue weighted by Gasteiger charge is -2.03. The molecule has 3 aromatic heterocycles. The molecule has 4 N–H and O–H groups in total. The van der Waals surface area contributed by atoms with Gasteiger partial charge in [-0.3, -0.25) is 9.67 Å². The lowest BCUT2D eigenvalue weighted by Crippen LogP contribution is -2.16. The molecule has 0 atom stereocenters.